The Hall–Kier alpha value is -2.29. The van der Waals surface area contributed by atoms with Crippen molar-refractivity contribution in [2.75, 3.05) is 38.1 Å². The summed E-state index contributed by atoms with van der Waals surface area (Å²) in [4.78, 5) is 18.3. The molecular weight excluding hydrogens is 491 g/mol. The van der Waals surface area contributed by atoms with Gasteiger partial charge in [-0.15, -0.1) is 24.0 Å². The molecule has 1 saturated heterocycles. The number of hydrogen-bond acceptors (Lipinski definition) is 3. The second kappa shape index (κ2) is 12.4. The number of guanidine groups is 1. The summed E-state index contributed by atoms with van der Waals surface area (Å²) in [5.74, 6) is 2.12. The number of nitrogens with one attached hydrogen (secondary N) is 2. The molecule has 0 bridgehead atoms. The van der Waals surface area contributed by atoms with Crippen molar-refractivity contribution >= 4 is 41.5 Å². The predicted molar refractivity (Wildman–Crippen MR) is 133 cm³/mol. The number of nitrogens with zero attached hydrogens (tertiary/aromatic N) is 2. The van der Waals surface area contributed by atoms with Gasteiger partial charge in [0, 0.05) is 44.2 Å². The van der Waals surface area contributed by atoms with Crippen LogP contribution in [0.25, 0.3) is 0 Å². The Kier molecular flexibility index (Phi) is 9.93. The second-order valence-corrected chi connectivity index (χ2v) is 7.14. The maximum atomic E-state index is 11.2. The fraction of sp³-hybridized carbons (Fsp3) is 0.391. The first-order valence-electron chi connectivity index (χ1n) is 10.2. The van der Waals surface area contributed by atoms with Crippen molar-refractivity contribution in [2.45, 2.75) is 26.2 Å². The SMILES string of the molecule is CCNC(=NCCOc1cccc(NC(C)=O)c1)N1CCC(c2ccccc2)C1.I. The van der Waals surface area contributed by atoms with Gasteiger partial charge < -0.3 is 20.3 Å². The van der Waals surface area contributed by atoms with E-state index in [9.17, 15) is 4.79 Å². The lowest BCUT2D eigenvalue weighted by Gasteiger charge is -2.22. The third kappa shape index (κ3) is 7.19. The fourth-order valence-corrected chi connectivity index (χ4v) is 3.56. The van der Waals surface area contributed by atoms with E-state index < -0.39 is 0 Å². The van der Waals surface area contributed by atoms with Crippen molar-refractivity contribution in [1.29, 1.82) is 0 Å². The highest BCUT2D eigenvalue weighted by Gasteiger charge is 2.25. The third-order valence-electron chi connectivity index (χ3n) is 4.87. The molecule has 1 aliphatic heterocycles. The monoisotopic (exact) mass is 522 g/mol. The van der Waals surface area contributed by atoms with Gasteiger partial charge in [0.2, 0.25) is 5.91 Å². The highest BCUT2D eigenvalue weighted by molar-refractivity contribution is 14.0. The number of carbonyl (C=O) groups excluding carboxylic acids is 1. The van der Waals surface area contributed by atoms with Gasteiger partial charge in [-0.3, -0.25) is 4.79 Å². The van der Waals surface area contributed by atoms with Crippen LogP contribution in [-0.2, 0) is 4.79 Å². The van der Waals surface area contributed by atoms with Crippen LogP contribution in [0.5, 0.6) is 5.75 Å². The minimum atomic E-state index is -0.0959. The average Bonchev–Trinajstić information content (AvgIpc) is 3.21. The van der Waals surface area contributed by atoms with Gasteiger partial charge >= 0.3 is 0 Å². The molecule has 1 aliphatic rings. The summed E-state index contributed by atoms with van der Waals surface area (Å²) in [6.07, 6.45) is 1.14. The van der Waals surface area contributed by atoms with Gasteiger partial charge in [0.25, 0.3) is 0 Å². The molecular formula is C23H31IN4O2. The standard InChI is InChI=1S/C23H30N4O2.HI/c1-3-24-23(27-14-12-20(17-27)19-8-5-4-6-9-19)25-13-15-29-22-11-7-10-21(16-22)26-18(2)28;/h4-11,16,20H,3,12-15,17H2,1-2H3,(H,24,25)(H,26,28);1H. The number of rotatable bonds is 7. The molecule has 162 valence electrons. The number of likely N-dealkylation sites (tertiary alicyclic amines) is 1. The first-order chi connectivity index (χ1) is 14.2. The minimum absolute atomic E-state index is 0. The molecule has 1 fully saturated rings. The average molecular weight is 522 g/mol. The van der Waals surface area contributed by atoms with Crippen LogP contribution < -0.4 is 15.4 Å². The van der Waals surface area contributed by atoms with E-state index in [4.69, 9.17) is 9.73 Å². The van der Waals surface area contributed by atoms with Crippen LogP contribution in [0.4, 0.5) is 5.69 Å². The first kappa shape index (κ1) is 24.0. The molecule has 30 heavy (non-hydrogen) atoms. The van der Waals surface area contributed by atoms with E-state index in [-0.39, 0.29) is 29.9 Å². The van der Waals surface area contributed by atoms with Crippen LogP contribution in [0.15, 0.2) is 59.6 Å². The quantitative estimate of drug-likeness (QED) is 0.249. The molecule has 3 rings (SSSR count). The molecule has 2 aromatic rings. The zero-order valence-corrected chi connectivity index (χ0v) is 20.0. The smallest absolute Gasteiger partial charge is 0.221 e. The van der Waals surface area contributed by atoms with Crippen molar-refractivity contribution in [1.82, 2.24) is 10.2 Å². The number of amides is 1. The molecule has 1 heterocycles. The van der Waals surface area contributed by atoms with Crippen LogP contribution in [0.2, 0.25) is 0 Å². The maximum absolute atomic E-state index is 11.2. The molecule has 0 saturated carbocycles. The number of anilines is 1. The lowest BCUT2D eigenvalue weighted by molar-refractivity contribution is -0.114. The van der Waals surface area contributed by atoms with Gasteiger partial charge in [0.15, 0.2) is 5.96 Å². The van der Waals surface area contributed by atoms with Gasteiger partial charge in [-0.1, -0.05) is 36.4 Å². The van der Waals surface area contributed by atoms with Crippen molar-refractivity contribution in [3.05, 3.63) is 60.2 Å². The molecule has 6 nitrogen and oxygen atoms in total. The van der Waals surface area contributed by atoms with E-state index in [0.29, 0.717) is 19.1 Å². The Morgan fingerprint density at radius 2 is 2.00 bits per heavy atom. The predicted octanol–water partition coefficient (Wildman–Crippen LogP) is 4.10. The normalized spacial score (nSPS) is 16.0. The molecule has 0 aliphatic carbocycles. The molecule has 1 unspecified atom stereocenters. The van der Waals surface area contributed by atoms with Crippen molar-refractivity contribution in [3.63, 3.8) is 0 Å². The largest absolute Gasteiger partial charge is 0.492 e. The molecule has 1 atom stereocenters. The Labute approximate surface area is 196 Å². The number of benzene rings is 2. The van der Waals surface area contributed by atoms with Crippen molar-refractivity contribution in [3.8, 4) is 5.75 Å². The van der Waals surface area contributed by atoms with E-state index >= 15 is 0 Å². The number of halogens is 1. The number of ether oxygens (including phenoxy) is 1. The highest BCUT2D eigenvalue weighted by atomic mass is 127. The molecule has 0 spiro atoms. The van der Waals surface area contributed by atoms with Gasteiger partial charge in [-0.25, -0.2) is 4.99 Å². The lowest BCUT2D eigenvalue weighted by Crippen LogP contribution is -2.40. The van der Waals surface area contributed by atoms with E-state index in [0.717, 1.165) is 43.5 Å². The molecule has 2 N–H and O–H groups in total. The number of carbonyl (C=O) groups is 1. The minimum Gasteiger partial charge on any atom is -0.492 e. The van der Waals surface area contributed by atoms with Crippen LogP contribution in [0, 0.1) is 0 Å². The zero-order valence-electron chi connectivity index (χ0n) is 17.6. The summed E-state index contributed by atoms with van der Waals surface area (Å²) in [6, 6.07) is 18.1. The van der Waals surface area contributed by atoms with E-state index in [1.807, 2.05) is 24.3 Å². The summed E-state index contributed by atoms with van der Waals surface area (Å²) in [5, 5.41) is 6.16. The van der Waals surface area contributed by atoms with E-state index in [1.165, 1.54) is 12.5 Å². The Bertz CT molecular complexity index is 829. The summed E-state index contributed by atoms with van der Waals surface area (Å²) in [5.41, 5.74) is 2.13. The van der Waals surface area contributed by atoms with Gasteiger partial charge in [0.05, 0.1) is 6.54 Å². The van der Waals surface area contributed by atoms with Crippen LogP contribution in [-0.4, -0.2) is 49.6 Å². The van der Waals surface area contributed by atoms with Crippen molar-refractivity contribution < 1.29 is 9.53 Å². The van der Waals surface area contributed by atoms with Crippen LogP contribution >= 0.6 is 24.0 Å². The summed E-state index contributed by atoms with van der Waals surface area (Å²) in [7, 11) is 0. The fourth-order valence-electron chi connectivity index (χ4n) is 3.56. The summed E-state index contributed by atoms with van der Waals surface area (Å²) < 4.78 is 5.81. The Morgan fingerprint density at radius 1 is 1.20 bits per heavy atom. The van der Waals surface area contributed by atoms with Crippen LogP contribution in [0.3, 0.4) is 0 Å². The van der Waals surface area contributed by atoms with Gasteiger partial charge in [-0.05, 0) is 31.0 Å². The van der Waals surface area contributed by atoms with E-state index in [1.54, 1.807) is 0 Å². The number of hydrogen-bond donors (Lipinski definition) is 2. The molecule has 2 aromatic carbocycles. The second-order valence-electron chi connectivity index (χ2n) is 7.14. The molecule has 1 amide bonds. The van der Waals surface area contributed by atoms with Gasteiger partial charge in [0.1, 0.15) is 12.4 Å². The first-order valence-corrected chi connectivity index (χ1v) is 10.2. The van der Waals surface area contributed by atoms with Crippen molar-refractivity contribution in [2.24, 2.45) is 4.99 Å². The maximum Gasteiger partial charge on any atom is 0.221 e. The summed E-state index contributed by atoms with van der Waals surface area (Å²) in [6.45, 7) is 7.45. The van der Waals surface area contributed by atoms with Crippen LogP contribution in [0.1, 0.15) is 31.7 Å². The van der Waals surface area contributed by atoms with E-state index in [2.05, 4.69) is 52.8 Å². The Balaban J connectivity index is 0.00000320. The Morgan fingerprint density at radius 3 is 2.73 bits per heavy atom. The lowest BCUT2D eigenvalue weighted by atomic mass is 9.99. The topological polar surface area (TPSA) is 66.0 Å². The number of aliphatic imine (C=N–C) groups is 1. The highest BCUT2D eigenvalue weighted by Crippen LogP contribution is 2.26. The molecule has 7 heteroatoms. The zero-order chi connectivity index (χ0) is 20.5. The summed E-state index contributed by atoms with van der Waals surface area (Å²) >= 11 is 0. The van der Waals surface area contributed by atoms with Gasteiger partial charge in [-0.2, -0.15) is 0 Å². The third-order valence-corrected chi connectivity index (χ3v) is 4.87. The molecule has 0 aromatic heterocycles. The molecule has 0 radical (unpaired) electrons.